The lowest BCUT2D eigenvalue weighted by atomic mass is 10.0. The third-order valence-corrected chi connectivity index (χ3v) is 3.90. The van der Waals surface area contributed by atoms with Crippen molar-refractivity contribution in [2.45, 2.75) is 44.9 Å². The molecule has 0 aromatic carbocycles. The number of rotatable bonds is 5. The Morgan fingerprint density at radius 2 is 2.00 bits per heavy atom. The average Bonchev–Trinajstić information content (AvgIpc) is 2.86. The maximum absolute atomic E-state index is 11.6. The Kier molecular flexibility index (Phi) is 3.29. The number of amides is 1. The molecular formula is C12H21NO2. The van der Waals surface area contributed by atoms with Crippen LogP contribution in [0.1, 0.15) is 44.9 Å². The van der Waals surface area contributed by atoms with Gasteiger partial charge in [0.15, 0.2) is 0 Å². The molecule has 0 aliphatic heterocycles. The van der Waals surface area contributed by atoms with Crippen LogP contribution in [0.5, 0.6) is 0 Å². The van der Waals surface area contributed by atoms with Crippen molar-refractivity contribution in [3.05, 3.63) is 0 Å². The molecule has 0 aromatic heterocycles. The molecule has 0 radical (unpaired) electrons. The number of hydrogen-bond acceptors (Lipinski definition) is 2. The van der Waals surface area contributed by atoms with Gasteiger partial charge in [0.25, 0.3) is 0 Å². The molecule has 0 bridgehead atoms. The largest absolute Gasteiger partial charge is 0.396 e. The van der Waals surface area contributed by atoms with E-state index < -0.39 is 0 Å². The quantitative estimate of drug-likeness (QED) is 0.723. The van der Waals surface area contributed by atoms with Crippen LogP contribution in [-0.2, 0) is 4.79 Å². The maximum Gasteiger partial charge on any atom is 0.220 e. The zero-order valence-corrected chi connectivity index (χ0v) is 9.30. The summed E-state index contributed by atoms with van der Waals surface area (Å²) in [6.45, 7) is 0.895. The molecule has 2 aliphatic rings. The Hall–Kier alpha value is -0.570. The Bertz CT molecular complexity index is 230. The van der Waals surface area contributed by atoms with E-state index in [-0.39, 0.29) is 17.9 Å². The van der Waals surface area contributed by atoms with E-state index in [2.05, 4.69) is 5.32 Å². The molecule has 86 valence electrons. The van der Waals surface area contributed by atoms with Gasteiger partial charge in [-0.2, -0.15) is 0 Å². The number of carbonyl (C=O) groups is 1. The van der Waals surface area contributed by atoms with Gasteiger partial charge in [-0.15, -0.1) is 0 Å². The van der Waals surface area contributed by atoms with Crippen molar-refractivity contribution in [2.24, 2.45) is 11.3 Å². The Balaban J connectivity index is 1.64. The third kappa shape index (κ3) is 2.94. The van der Waals surface area contributed by atoms with E-state index in [0.29, 0.717) is 18.9 Å². The van der Waals surface area contributed by atoms with E-state index in [9.17, 15) is 4.79 Å². The summed E-state index contributed by atoms with van der Waals surface area (Å²) in [5, 5.41) is 12.1. The van der Waals surface area contributed by atoms with Crippen LogP contribution in [0.25, 0.3) is 0 Å². The summed E-state index contributed by atoms with van der Waals surface area (Å²) in [5.74, 6) is 0.802. The molecule has 0 saturated heterocycles. The molecule has 0 atom stereocenters. The van der Waals surface area contributed by atoms with E-state index in [1.165, 1.54) is 25.7 Å². The molecule has 3 heteroatoms. The summed E-state index contributed by atoms with van der Waals surface area (Å²) in [6, 6.07) is 0. The number of aliphatic hydroxyl groups is 1. The second-order valence-corrected chi connectivity index (χ2v) is 5.29. The SMILES string of the molecule is O=C(CC1CCCC1)NCC1(CO)CC1. The van der Waals surface area contributed by atoms with Crippen molar-refractivity contribution in [3.8, 4) is 0 Å². The molecule has 2 rings (SSSR count). The van der Waals surface area contributed by atoms with Crippen LogP contribution in [0.15, 0.2) is 0 Å². The van der Waals surface area contributed by atoms with E-state index in [0.717, 1.165) is 12.8 Å². The second kappa shape index (κ2) is 4.52. The predicted molar refractivity (Wildman–Crippen MR) is 58.3 cm³/mol. The number of aliphatic hydroxyl groups excluding tert-OH is 1. The van der Waals surface area contributed by atoms with Crippen LogP contribution in [0.3, 0.4) is 0 Å². The lowest BCUT2D eigenvalue weighted by molar-refractivity contribution is -0.122. The Morgan fingerprint density at radius 1 is 1.33 bits per heavy atom. The van der Waals surface area contributed by atoms with Crippen molar-refractivity contribution in [1.29, 1.82) is 0 Å². The fraction of sp³-hybridized carbons (Fsp3) is 0.917. The first-order chi connectivity index (χ1) is 7.24. The molecule has 3 nitrogen and oxygen atoms in total. The van der Waals surface area contributed by atoms with Gasteiger partial charge in [0.05, 0.1) is 6.61 Å². The molecule has 15 heavy (non-hydrogen) atoms. The minimum Gasteiger partial charge on any atom is -0.396 e. The molecule has 2 N–H and O–H groups in total. The topological polar surface area (TPSA) is 49.3 Å². The van der Waals surface area contributed by atoms with Gasteiger partial charge >= 0.3 is 0 Å². The van der Waals surface area contributed by atoms with Crippen LogP contribution in [0.4, 0.5) is 0 Å². The molecule has 0 heterocycles. The highest BCUT2D eigenvalue weighted by molar-refractivity contribution is 5.76. The molecule has 1 amide bonds. The predicted octanol–water partition coefficient (Wildman–Crippen LogP) is 1.46. The van der Waals surface area contributed by atoms with Gasteiger partial charge in [-0.05, 0) is 31.6 Å². The van der Waals surface area contributed by atoms with Crippen molar-refractivity contribution in [3.63, 3.8) is 0 Å². The van der Waals surface area contributed by atoms with Crippen LogP contribution >= 0.6 is 0 Å². The summed E-state index contributed by atoms with van der Waals surface area (Å²) in [5.41, 5.74) is 0.0470. The smallest absolute Gasteiger partial charge is 0.220 e. The minimum atomic E-state index is 0.0470. The summed E-state index contributed by atoms with van der Waals surface area (Å²) in [6.07, 6.45) is 7.84. The first-order valence-corrected chi connectivity index (χ1v) is 6.12. The van der Waals surface area contributed by atoms with Crippen LogP contribution in [0.2, 0.25) is 0 Å². The van der Waals surface area contributed by atoms with Crippen molar-refractivity contribution < 1.29 is 9.90 Å². The maximum atomic E-state index is 11.6. The summed E-state index contributed by atoms with van der Waals surface area (Å²) < 4.78 is 0. The highest BCUT2D eigenvalue weighted by atomic mass is 16.3. The summed E-state index contributed by atoms with van der Waals surface area (Å²) in [4.78, 5) is 11.6. The first kappa shape index (κ1) is 10.9. The van der Waals surface area contributed by atoms with E-state index >= 15 is 0 Å². The van der Waals surface area contributed by atoms with Gasteiger partial charge in [0.2, 0.25) is 5.91 Å². The van der Waals surface area contributed by atoms with Crippen LogP contribution in [-0.4, -0.2) is 24.2 Å². The third-order valence-electron chi connectivity index (χ3n) is 3.90. The van der Waals surface area contributed by atoms with Crippen molar-refractivity contribution >= 4 is 5.91 Å². The van der Waals surface area contributed by atoms with Crippen LogP contribution in [0, 0.1) is 11.3 Å². The van der Waals surface area contributed by atoms with E-state index in [1.54, 1.807) is 0 Å². The normalized spacial score (nSPS) is 24.1. The highest BCUT2D eigenvalue weighted by Crippen LogP contribution is 2.44. The molecule has 0 aromatic rings. The first-order valence-electron chi connectivity index (χ1n) is 6.12. The monoisotopic (exact) mass is 211 g/mol. The summed E-state index contributed by atoms with van der Waals surface area (Å²) in [7, 11) is 0. The lowest BCUT2D eigenvalue weighted by Crippen LogP contribution is -2.32. The van der Waals surface area contributed by atoms with Gasteiger partial charge in [0, 0.05) is 18.4 Å². The Labute approximate surface area is 91.2 Å². The fourth-order valence-corrected chi connectivity index (χ4v) is 2.40. The fourth-order valence-electron chi connectivity index (χ4n) is 2.40. The molecule has 0 spiro atoms. The molecule has 2 fully saturated rings. The van der Waals surface area contributed by atoms with Gasteiger partial charge < -0.3 is 10.4 Å². The molecule has 2 saturated carbocycles. The highest BCUT2D eigenvalue weighted by Gasteiger charge is 2.42. The number of nitrogens with one attached hydrogen (secondary N) is 1. The zero-order chi connectivity index (χ0) is 10.7. The zero-order valence-electron chi connectivity index (χ0n) is 9.30. The van der Waals surface area contributed by atoms with Gasteiger partial charge in [-0.1, -0.05) is 12.8 Å². The van der Waals surface area contributed by atoms with Crippen molar-refractivity contribution in [2.75, 3.05) is 13.2 Å². The van der Waals surface area contributed by atoms with Crippen molar-refractivity contribution in [1.82, 2.24) is 5.32 Å². The van der Waals surface area contributed by atoms with Gasteiger partial charge in [-0.25, -0.2) is 0 Å². The lowest BCUT2D eigenvalue weighted by Gasteiger charge is -2.14. The summed E-state index contributed by atoms with van der Waals surface area (Å²) >= 11 is 0. The molecular weight excluding hydrogens is 190 g/mol. The average molecular weight is 211 g/mol. The van der Waals surface area contributed by atoms with E-state index in [1.807, 2.05) is 0 Å². The number of carbonyl (C=O) groups excluding carboxylic acids is 1. The minimum absolute atomic E-state index is 0.0470. The van der Waals surface area contributed by atoms with Crippen LogP contribution < -0.4 is 5.32 Å². The van der Waals surface area contributed by atoms with Gasteiger partial charge in [0.1, 0.15) is 0 Å². The van der Waals surface area contributed by atoms with E-state index in [4.69, 9.17) is 5.11 Å². The Morgan fingerprint density at radius 3 is 2.53 bits per heavy atom. The molecule has 2 aliphatic carbocycles. The molecule has 0 unspecified atom stereocenters. The number of hydrogen-bond donors (Lipinski definition) is 2. The second-order valence-electron chi connectivity index (χ2n) is 5.29. The van der Waals surface area contributed by atoms with Gasteiger partial charge in [-0.3, -0.25) is 4.79 Å². The standard InChI is InChI=1S/C12H21NO2/c14-9-12(5-6-12)8-13-11(15)7-10-3-1-2-4-10/h10,14H,1-9H2,(H,13,15).